The second-order valence-electron chi connectivity index (χ2n) is 6.72. The molecule has 23 heavy (non-hydrogen) atoms. The minimum absolute atomic E-state index is 0.0158. The Hall–Kier alpha value is -0.135. The van der Waals surface area contributed by atoms with Gasteiger partial charge in [-0.25, -0.2) is 0 Å². The van der Waals surface area contributed by atoms with Crippen molar-refractivity contribution in [1.82, 2.24) is 0 Å². The van der Waals surface area contributed by atoms with Gasteiger partial charge >= 0.3 is 0 Å². The fourth-order valence-corrected chi connectivity index (χ4v) is 4.35. The molecule has 2 fully saturated rings. The zero-order valence-electron chi connectivity index (χ0n) is 14.0. The van der Waals surface area contributed by atoms with Gasteiger partial charge in [-0.15, -0.1) is 0 Å². The molecule has 6 heteroatoms. The lowest BCUT2D eigenvalue weighted by atomic mass is 9.78. The fraction of sp³-hybridized carbons (Fsp3) is 0.941. The zero-order valence-corrected chi connectivity index (χ0v) is 15.0. The first-order chi connectivity index (χ1) is 11.3. The van der Waals surface area contributed by atoms with Gasteiger partial charge in [0, 0.05) is 6.00 Å². The monoisotopic (exact) mass is 337 g/mol. The van der Waals surface area contributed by atoms with Crippen LogP contribution in [-0.4, -0.2) is 33.2 Å². The van der Waals surface area contributed by atoms with E-state index in [-0.39, 0.29) is 21.1 Å². The average Bonchev–Trinajstić information content (AvgIpc) is 2.97. The first-order valence-corrected chi connectivity index (χ1v) is 9.89. The van der Waals surface area contributed by atoms with Gasteiger partial charge in [-0.2, -0.15) is 5.26 Å². The van der Waals surface area contributed by atoms with Crippen LogP contribution in [0, 0.1) is 23.2 Å². The highest BCUT2D eigenvalue weighted by molar-refractivity contribution is 7.26. The fourth-order valence-electron chi connectivity index (χ4n) is 3.85. The lowest BCUT2D eigenvalue weighted by Gasteiger charge is -2.27. The summed E-state index contributed by atoms with van der Waals surface area (Å²) in [5.41, 5.74) is 0. The molecule has 1 saturated carbocycles. The molecular formula is C17H29BNO3P. The van der Waals surface area contributed by atoms with Crippen LogP contribution in [0.15, 0.2) is 0 Å². The predicted molar refractivity (Wildman–Crippen MR) is 93.4 cm³/mol. The molecule has 2 aliphatic rings. The third kappa shape index (κ3) is 7.10. The standard InChI is InChI=1S/C17H29BNO3P/c18-17-12-15(14-8-5-3-1-2-4-6-9-14)16(22-17)13-21-23-20-11-7-10-19/h14-17,23H,1-9,11-13H2/t15?,16-,17-/m1/s1. The SMILES string of the molecule is [B][C@H]1CC(C2CCCCCCCC2)[C@@H](COPOCCC#N)O1. The maximum absolute atomic E-state index is 8.46. The molecule has 0 N–H and O–H groups in total. The van der Waals surface area contributed by atoms with Gasteiger partial charge in [-0.3, -0.25) is 0 Å². The molecule has 0 bridgehead atoms. The number of hydrogen-bond donors (Lipinski definition) is 0. The van der Waals surface area contributed by atoms with Gasteiger partial charge in [0.15, 0.2) is 9.03 Å². The maximum Gasteiger partial charge on any atom is 0.155 e. The van der Waals surface area contributed by atoms with E-state index in [0.717, 1.165) is 12.3 Å². The van der Waals surface area contributed by atoms with E-state index in [1.807, 2.05) is 0 Å². The molecule has 1 saturated heterocycles. The summed E-state index contributed by atoms with van der Waals surface area (Å²) in [5, 5.41) is 8.46. The van der Waals surface area contributed by atoms with Crippen LogP contribution in [-0.2, 0) is 13.8 Å². The summed E-state index contributed by atoms with van der Waals surface area (Å²) in [7, 11) is 6.03. The molecule has 0 aromatic heterocycles. The Bertz CT molecular complexity index is 356. The predicted octanol–water partition coefficient (Wildman–Crippen LogP) is 4.09. The zero-order chi connectivity index (χ0) is 16.3. The van der Waals surface area contributed by atoms with Crippen molar-refractivity contribution in [3.63, 3.8) is 0 Å². The molecule has 1 aliphatic carbocycles. The topological polar surface area (TPSA) is 51.5 Å². The molecule has 2 rings (SSSR count). The van der Waals surface area contributed by atoms with Crippen LogP contribution in [0.2, 0.25) is 0 Å². The normalized spacial score (nSPS) is 30.8. The molecule has 0 aromatic rings. The molecule has 128 valence electrons. The van der Waals surface area contributed by atoms with Gasteiger partial charge in [0.1, 0.15) is 7.85 Å². The Morgan fingerprint density at radius 2 is 1.78 bits per heavy atom. The van der Waals surface area contributed by atoms with E-state index >= 15 is 0 Å². The summed E-state index contributed by atoms with van der Waals surface area (Å²) in [5.74, 6) is 1.24. The third-order valence-electron chi connectivity index (χ3n) is 5.02. The number of nitriles is 1. The molecule has 4 atom stereocenters. The lowest BCUT2D eigenvalue weighted by Crippen LogP contribution is -2.28. The Kier molecular flexibility index (Phi) is 9.53. The van der Waals surface area contributed by atoms with Crippen molar-refractivity contribution in [1.29, 1.82) is 5.26 Å². The lowest BCUT2D eigenvalue weighted by molar-refractivity contribution is 0.0218. The van der Waals surface area contributed by atoms with Crippen LogP contribution in [0.1, 0.15) is 64.2 Å². The molecule has 0 amide bonds. The highest BCUT2D eigenvalue weighted by Gasteiger charge is 2.37. The minimum Gasteiger partial charge on any atom is -0.382 e. The van der Waals surface area contributed by atoms with Crippen LogP contribution < -0.4 is 0 Å². The summed E-state index contributed by atoms with van der Waals surface area (Å²) < 4.78 is 16.8. The van der Waals surface area contributed by atoms with Gasteiger partial charge in [0.25, 0.3) is 0 Å². The van der Waals surface area contributed by atoms with E-state index < -0.39 is 0 Å². The number of ether oxygens (including phenoxy) is 1. The second-order valence-corrected chi connectivity index (χ2v) is 7.47. The van der Waals surface area contributed by atoms with E-state index in [0.29, 0.717) is 25.6 Å². The first kappa shape index (κ1) is 19.2. The number of nitrogens with zero attached hydrogens (tertiary/aromatic N) is 1. The van der Waals surface area contributed by atoms with Crippen LogP contribution in [0.5, 0.6) is 0 Å². The van der Waals surface area contributed by atoms with Crippen molar-refractivity contribution in [2.45, 2.75) is 76.3 Å². The van der Waals surface area contributed by atoms with Crippen molar-refractivity contribution >= 4 is 16.9 Å². The van der Waals surface area contributed by atoms with Crippen LogP contribution in [0.3, 0.4) is 0 Å². The Morgan fingerprint density at radius 1 is 1.09 bits per heavy atom. The first-order valence-electron chi connectivity index (χ1n) is 9.08. The Morgan fingerprint density at radius 3 is 2.48 bits per heavy atom. The van der Waals surface area contributed by atoms with Gasteiger partial charge < -0.3 is 13.8 Å². The van der Waals surface area contributed by atoms with Crippen molar-refractivity contribution < 1.29 is 13.8 Å². The highest BCUT2D eigenvalue weighted by Crippen LogP contribution is 2.38. The summed E-state index contributed by atoms with van der Waals surface area (Å²) in [6.07, 6.45) is 12.3. The highest BCUT2D eigenvalue weighted by atomic mass is 31.1. The molecule has 2 unspecified atom stereocenters. The van der Waals surface area contributed by atoms with Gasteiger partial charge in [-0.1, -0.05) is 51.4 Å². The average molecular weight is 337 g/mol. The number of rotatable bonds is 7. The van der Waals surface area contributed by atoms with Crippen molar-refractivity contribution in [2.24, 2.45) is 11.8 Å². The maximum atomic E-state index is 8.46. The van der Waals surface area contributed by atoms with Crippen molar-refractivity contribution in [2.75, 3.05) is 13.2 Å². The van der Waals surface area contributed by atoms with Gasteiger partial charge in [-0.05, 0) is 18.3 Å². The largest absolute Gasteiger partial charge is 0.382 e. The summed E-state index contributed by atoms with van der Waals surface area (Å²) in [6, 6.07) is 1.91. The van der Waals surface area contributed by atoms with Crippen LogP contribution >= 0.6 is 9.03 Å². The minimum atomic E-state index is -0.149. The van der Waals surface area contributed by atoms with E-state index in [4.69, 9.17) is 26.9 Å². The molecule has 1 heterocycles. The summed E-state index contributed by atoms with van der Waals surface area (Å²) >= 11 is 0. The number of hydrogen-bond acceptors (Lipinski definition) is 4. The van der Waals surface area contributed by atoms with Crippen molar-refractivity contribution in [3.8, 4) is 6.07 Å². The molecular weight excluding hydrogens is 308 g/mol. The second kappa shape index (κ2) is 11.4. The molecule has 4 nitrogen and oxygen atoms in total. The van der Waals surface area contributed by atoms with Crippen molar-refractivity contribution in [3.05, 3.63) is 0 Å². The van der Waals surface area contributed by atoms with Gasteiger partial charge in [0.2, 0.25) is 0 Å². The quantitative estimate of drug-likeness (QED) is 0.399. The molecule has 2 radical (unpaired) electrons. The molecule has 0 spiro atoms. The summed E-state index contributed by atoms with van der Waals surface area (Å²) in [4.78, 5) is 0. The van der Waals surface area contributed by atoms with Crippen LogP contribution in [0.4, 0.5) is 0 Å². The third-order valence-corrected chi connectivity index (χ3v) is 5.62. The smallest absolute Gasteiger partial charge is 0.155 e. The van der Waals surface area contributed by atoms with E-state index in [1.54, 1.807) is 0 Å². The Labute approximate surface area is 144 Å². The Balaban J connectivity index is 1.76. The van der Waals surface area contributed by atoms with Crippen LogP contribution in [0.25, 0.3) is 0 Å². The van der Waals surface area contributed by atoms with E-state index in [9.17, 15) is 0 Å². The summed E-state index contributed by atoms with van der Waals surface area (Å²) in [6.45, 7) is 0.992. The van der Waals surface area contributed by atoms with Gasteiger partial charge in [0.05, 0.1) is 31.8 Å². The molecule has 1 aliphatic heterocycles. The van der Waals surface area contributed by atoms with E-state index in [1.165, 1.54) is 51.4 Å². The molecule has 0 aromatic carbocycles. The van der Waals surface area contributed by atoms with E-state index in [2.05, 4.69) is 6.07 Å².